The van der Waals surface area contributed by atoms with Gasteiger partial charge in [0.15, 0.2) is 11.3 Å². The van der Waals surface area contributed by atoms with Crippen LogP contribution in [0.2, 0.25) is 0 Å². The van der Waals surface area contributed by atoms with E-state index in [2.05, 4.69) is 4.99 Å². The summed E-state index contributed by atoms with van der Waals surface area (Å²) in [5.41, 5.74) is 0.439. The summed E-state index contributed by atoms with van der Waals surface area (Å²) >= 11 is 1.07. The number of rotatable bonds is 8. The third-order valence-corrected chi connectivity index (χ3v) is 5.76. The molecule has 1 atom stereocenters. The molecule has 0 spiro atoms. The Bertz CT molecular complexity index is 1160. The number of para-hydroxylation sites is 1. The van der Waals surface area contributed by atoms with E-state index in [9.17, 15) is 29.7 Å². The average Bonchev–Trinajstić information content (AvgIpc) is 3.07. The van der Waals surface area contributed by atoms with Gasteiger partial charge in [-0.1, -0.05) is 25.1 Å². The van der Waals surface area contributed by atoms with Gasteiger partial charge in [0.25, 0.3) is 5.91 Å². The van der Waals surface area contributed by atoms with E-state index in [0.29, 0.717) is 22.8 Å². The van der Waals surface area contributed by atoms with Crippen molar-refractivity contribution in [1.29, 1.82) is 0 Å². The first kappa shape index (κ1) is 23.9. The molecule has 1 amide bonds. The number of amides is 1. The maximum absolute atomic E-state index is 13.0. The molecule has 0 aromatic heterocycles. The highest BCUT2D eigenvalue weighted by Crippen LogP contribution is 2.36. The SMILES string of the molecule is CCC(Oc1ccccc1/C=C1\SC(=Nc2ccc(O)cc2C(=O)O)N(CC)C1=O)C(=O)O. The number of carboxylic acids is 2. The van der Waals surface area contributed by atoms with Crippen molar-refractivity contribution in [2.45, 2.75) is 26.4 Å². The summed E-state index contributed by atoms with van der Waals surface area (Å²) < 4.78 is 5.63. The zero-order chi connectivity index (χ0) is 24.1. The summed E-state index contributed by atoms with van der Waals surface area (Å²) in [4.78, 5) is 42.0. The number of aliphatic imine (C=N–C) groups is 1. The number of phenolic OH excluding ortho intramolecular Hbond substituents is 1. The number of nitrogens with zero attached hydrogens (tertiary/aromatic N) is 2. The highest BCUT2D eigenvalue weighted by atomic mass is 32.2. The van der Waals surface area contributed by atoms with Crippen molar-refractivity contribution >= 4 is 46.5 Å². The Kier molecular flexibility index (Phi) is 7.39. The maximum atomic E-state index is 13.0. The summed E-state index contributed by atoms with van der Waals surface area (Å²) in [6.07, 6.45) is 0.842. The zero-order valence-electron chi connectivity index (χ0n) is 17.9. The molecule has 2 aromatic carbocycles. The number of carbonyl (C=O) groups excluding carboxylic acids is 1. The van der Waals surface area contributed by atoms with Crippen LogP contribution < -0.4 is 4.74 Å². The molecule has 1 aliphatic rings. The minimum Gasteiger partial charge on any atom is -0.508 e. The van der Waals surface area contributed by atoms with Crippen molar-refractivity contribution < 1.29 is 34.4 Å². The minimum atomic E-state index is -1.26. The molecule has 0 radical (unpaired) electrons. The number of amidine groups is 1. The van der Waals surface area contributed by atoms with E-state index in [1.807, 2.05) is 0 Å². The lowest BCUT2D eigenvalue weighted by Gasteiger charge is -2.15. The number of carbonyl (C=O) groups is 3. The molecule has 0 bridgehead atoms. The first-order valence-corrected chi connectivity index (χ1v) is 10.9. The number of aromatic hydroxyl groups is 1. The molecule has 0 saturated carbocycles. The first-order valence-electron chi connectivity index (χ1n) is 10.1. The summed E-state index contributed by atoms with van der Waals surface area (Å²) in [6, 6.07) is 10.6. The fourth-order valence-electron chi connectivity index (χ4n) is 3.08. The van der Waals surface area contributed by atoms with E-state index < -0.39 is 18.0 Å². The Balaban J connectivity index is 1.98. The molecule has 172 valence electrons. The Morgan fingerprint density at radius 3 is 2.55 bits per heavy atom. The largest absolute Gasteiger partial charge is 0.508 e. The average molecular weight is 471 g/mol. The van der Waals surface area contributed by atoms with Crippen molar-refractivity contribution in [3.05, 3.63) is 58.5 Å². The van der Waals surface area contributed by atoms with Crippen LogP contribution in [-0.4, -0.2) is 55.9 Å². The van der Waals surface area contributed by atoms with Crippen molar-refractivity contribution in [3.8, 4) is 11.5 Å². The van der Waals surface area contributed by atoms with Crippen LogP contribution in [0, 0.1) is 0 Å². The van der Waals surface area contributed by atoms with Gasteiger partial charge in [0.1, 0.15) is 11.5 Å². The second kappa shape index (κ2) is 10.2. The molecule has 1 unspecified atom stereocenters. The molecular formula is C23H22N2O7S. The number of benzene rings is 2. The Labute approximate surface area is 194 Å². The highest BCUT2D eigenvalue weighted by Gasteiger charge is 2.33. The number of phenols is 1. The maximum Gasteiger partial charge on any atom is 0.344 e. The van der Waals surface area contributed by atoms with Crippen molar-refractivity contribution in [1.82, 2.24) is 4.90 Å². The quantitative estimate of drug-likeness (QED) is 0.493. The number of aromatic carboxylic acids is 1. The number of likely N-dealkylation sites (N-methyl/N-ethyl adjacent to an activating group) is 1. The zero-order valence-corrected chi connectivity index (χ0v) is 18.7. The van der Waals surface area contributed by atoms with E-state index in [0.717, 1.165) is 17.8 Å². The van der Waals surface area contributed by atoms with Gasteiger partial charge in [0.2, 0.25) is 0 Å². The lowest BCUT2D eigenvalue weighted by molar-refractivity contribution is -0.145. The van der Waals surface area contributed by atoms with Crippen LogP contribution in [0.3, 0.4) is 0 Å². The number of ether oxygens (including phenoxy) is 1. The predicted octanol–water partition coefficient (Wildman–Crippen LogP) is 3.96. The van der Waals surface area contributed by atoms with Crippen LogP contribution in [0.1, 0.15) is 36.2 Å². The van der Waals surface area contributed by atoms with Crippen LogP contribution in [0.4, 0.5) is 5.69 Å². The predicted molar refractivity (Wildman–Crippen MR) is 124 cm³/mol. The topological polar surface area (TPSA) is 137 Å². The van der Waals surface area contributed by atoms with Gasteiger partial charge in [0.05, 0.1) is 16.2 Å². The molecule has 3 N–H and O–H groups in total. The fourth-order valence-corrected chi connectivity index (χ4v) is 4.12. The van der Waals surface area contributed by atoms with Gasteiger partial charge < -0.3 is 20.1 Å². The van der Waals surface area contributed by atoms with Crippen LogP contribution in [0.15, 0.2) is 52.4 Å². The van der Waals surface area contributed by atoms with Gasteiger partial charge in [0, 0.05) is 12.1 Å². The molecular weight excluding hydrogens is 448 g/mol. The van der Waals surface area contributed by atoms with Gasteiger partial charge in [-0.15, -0.1) is 0 Å². The number of carboxylic acid groups (broad SMARTS) is 2. The summed E-state index contributed by atoms with van der Waals surface area (Å²) in [5.74, 6) is -2.54. The molecule has 1 aliphatic heterocycles. The van der Waals surface area contributed by atoms with Gasteiger partial charge in [-0.05, 0) is 55.4 Å². The van der Waals surface area contributed by atoms with E-state index in [4.69, 9.17) is 4.74 Å². The lowest BCUT2D eigenvalue weighted by Crippen LogP contribution is -2.28. The highest BCUT2D eigenvalue weighted by molar-refractivity contribution is 8.18. The smallest absolute Gasteiger partial charge is 0.344 e. The normalized spacial score (nSPS) is 16.9. The van der Waals surface area contributed by atoms with Crippen LogP contribution in [0.25, 0.3) is 6.08 Å². The molecule has 1 fully saturated rings. The van der Waals surface area contributed by atoms with E-state index in [-0.39, 0.29) is 34.5 Å². The molecule has 1 saturated heterocycles. The standard InChI is InChI=1S/C23H22N2O7S/c1-3-17(22(30)31)32-18-8-6-5-7-13(18)11-19-20(27)25(4-2)23(33-19)24-16-10-9-14(26)12-15(16)21(28)29/h5-12,17,26H,3-4H2,1-2H3,(H,28,29)(H,30,31)/b19-11-,24-23?. The van der Waals surface area contributed by atoms with Gasteiger partial charge >= 0.3 is 11.9 Å². The Morgan fingerprint density at radius 2 is 1.91 bits per heavy atom. The van der Waals surface area contributed by atoms with Gasteiger partial charge in [-0.2, -0.15) is 0 Å². The number of hydrogen-bond acceptors (Lipinski definition) is 7. The molecule has 3 rings (SSSR count). The number of thioether (sulfide) groups is 1. The van der Waals surface area contributed by atoms with E-state index in [1.165, 1.54) is 17.0 Å². The third-order valence-electron chi connectivity index (χ3n) is 4.75. The molecule has 1 heterocycles. The molecule has 10 heteroatoms. The minimum absolute atomic E-state index is 0.103. The van der Waals surface area contributed by atoms with Crippen LogP contribution >= 0.6 is 11.8 Å². The second-order valence-corrected chi connectivity index (χ2v) is 7.96. The van der Waals surface area contributed by atoms with E-state index >= 15 is 0 Å². The van der Waals surface area contributed by atoms with Crippen LogP contribution in [-0.2, 0) is 9.59 Å². The number of aliphatic carboxylic acids is 1. The second-order valence-electron chi connectivity index (χ2n) is 6.95. The monoisotopic (exact) mass is 470 g/mol. The summed E-state index contributed by atoms with van der Waals surface area (Å²) in [6.45, 7) is 3.77. The molecule has 33 heavy (non-hydrogen) atoms. The summed E-state index contributed by atoms with van der Waals surface area (Å²) in [5, 5.41) is 28.6. The number of hydrogen-bond donors (Lipinski definition) is 3. The van der Waals surface area contributed by atoms with E-state index in [1.54, 1.807) is 44.2 Å². The Hall–Kier alpha value is -3.79. The molecule has 0 aliphatic carbocycles. The van der Waals surface area contributed by atoms with Crippen LogP contribution in [0.5, 0.6) is 11.5 Å². The van der Waals surface area contributed by atoms with Crippen molar-refractivity contribution in [3.63, 3.8) is 0 Å². The third kappa shape index (κ3) is 5.35. The summed E-state index contributed by atoms with van der Waals surface area (Å²) in [7, 11) is 0. The van der Waals surface area contributed by atoms with Gasteiger partial charge in [-0.25, -0.2) is 14.6 Å². The fraction of sp³-hybridized carbons (Fsp3) is 0.217. The Morgan fingerprint density at radius 1 is 1.18 bits per heavy atom. The first-order chi connectivity index (χ1) is 15.7. The van der Waals surface area contributed by atoms with Crippen molar-refractivity contribution in [2.75, 3.05) is 6.54 Å². The lowest BCUT2D eigenvalue weighted by atomic mass is 10.1. The van der Waals surface area contributed by atoms with Crippen molar-refractivity contribution in [2.24, 2.45) is 4.99 Å². The molecule has 2 aromatic rings. The molecule has 9 nitrogen and oxygen atoms in total. The van der Waals surface area contributed by atoms with Gasteiger partial charge in [-0.3, -0.25) is 9.69 Å².